The maximum atomic E-state index is 14.8. The molecule has 3 N–H and O–H groups in total. The minimum Gasteiger partial charge on any atom is -0.461 e. The van der Waals surface area contributed by atoms with Crippen LogP contribution in [0.15, 0.2) is 35.6 Å². The third-order valence-corrected chi connectivity index (χ3v) is 5.72. The highest BCUT2D eigenvalue weighted by molar-refractivity contribution is 6.02. The number of aliphatic imine (C=N–C) groups is 1. The number of nitrogens with zero attached hydrogens (tertiary/aromatic N) is 3. The largest absolute Gasteiger partial charge is 0.461 e. The third-order valence-electron chi connectivity index (χ3n) is 5.72. The number of hydrogen-bond donors (Lipinski definition) is 2. The van der Waals surface area contributed by atoms with Crippen LogP contribution in [0, 0.1) is 11.7 Å². The lowest BCUT2D eigenvalue weighted by Gasteiger charge is -2.41. The number of nitrogens with one attached hydrogen (secondary N) is 1. The molecule has 1 amide bonds. The van der Waals surface area contributed by atoms with Crippen molar-refractivity contribution in [2.45, 2.75) is 43.3 Å². The van der Waals surface area contributed by atoms with Gasteiger partial charge in [0.25, 0.3) is 30.7 Å². The number of benzene rings is 1. The monoisotopic (exact) mass is 491 g/mol. The average molecular weight is 491 g/mol. The Morgan fingerprint density at radius 1 is 1.15 bits per heavy atom. The summed E-state index contributed by atoms with van der Waals surface area (Å²) in [6.07, 6.45) is -8.27. The zero-order valence-corrected chi connectivity index (χ0v) is 17.0. The Balaban J connectivity index is 1.71. The Bertz CT molecular complexity index is 1130. The summed E-state index contributed by atoms with van der Waals surface area (Å²) >= 11 is 0. The molecule has 1 aromatic heterocycles. The van der Waals surface area contributed by atoms with E-state index in [2.05, 4.69) is 20.3 Å². The van der Waals surface area contributed by atoms with Crippen LogP contribution in [0.5, 0.6) is 0 Å². The van der Waals surface area contributed by atoms with Gasteiger partial charge in [0.2, 0.25) is 0 Å². The van der Waals surface area contributed by atoms with E-state index in [4.69, 9.17) is 10.5 Å². The lowest BCUT2D eigenvalue weighted by molar-refractivity contribution is -0.0392. The fourth-order valence-electron chi connectivity index (χ4n) is 4.24. The molecule has 14 heteroatoms. The highest BCUT2D eigenvalue weighted by atomic mass is 19.3. The van der Waals surface area contributed by atoms with Crippen LogP contribution in [0.3, 0.4) is 0 Å². The number of nitrogens with two attached hydrogens (primary N) is 1. The molecule has 3 atom stereocenters. The summed E-state index contributed by atoms with van der Waals surface area (Å²) in [7, 11) is 0. The maximum Gasteiger partial charge on any atom is 0.283 e. The van der Waals surface area contributed by atoms with Crippen LogP contribution >= 0.6 is 0 Å². The van der Waals surface area contributed by atoms with Gasteiger partial charge in [-0.25, -0.2) is 40.7 Å². The van der Waals surface area contributed by atoms with E-state index in [-0.39, 0.29) is 11.4 Å². The Labute approximate surface area is 187 Å². The molecule has 1 aliphatic heterocycles. The summed E-state index contributed by atoms with van der Waals surface area (Å²) in [5, 5.41) is 2.26. The van der Waals surface area contributed by atoms with Gasteiger partial charge in [0.15, 0.2) is 5.54 Å². The number of aromatic nitrogens is 2. The van der Waals surface area contributed by atoms with Crippen LogP contribution in [-0.2, 0) is 10.3 Å². The lowest BCUT2D eigenvalue weighted by atomic mass is 9.75. The van der Waals surface area contributed by atoms with Gasteiger partial charge in [0, 0.05) is 30.0 Å². The summed E-state index contributed by atoms with van der Waals surface area (Å²) in [4.78, 5) is 22.9. The van der Waals surface area contributed by atoms with Crippen LogP contribution in [0.1, 0.15) is 41.0 Å². The fraction of sp³-hybridized carbons (Fsp3) is 0.400. The number of anilines is 1. The van der Waals surface area contributed by atoms with Crippen molar-refractivity contribution in [3.8, 4) is 0 Å². The Morgan fingerprint density at radius 2 is 1.88 bits per heavy atom. The first kappa shape index (κ1) is 23.7. The second kappa shape index (κ2) is 8.40. The van der Waals surface area contributed by atoms with Crippen molar-refractivity contribution >= 4 is 17.6 Å². The molecule has 1 saturated carbocycles. The second-order valence-corrected chi connectivity index (χ2v) is 7.88. The van der Waals surface area contributed by atoms with Crippen LogP contribution < -0.4 is 11.1 Å². The number of fused-ring (bicyclic) bond motifs is 1. The molecule has 4 rings (SSSR count). The predicted molar refractivity (Wildman–Crippen MR) is 103 cm³/mol. The summed E-state index contributed by atoms with van der Waals surface area (Å²) in [6.45, 7) is 0. The number of halogens is 7. The first-order valence-electron chi connectivity index (χ1n) is 9.82. The van der Waals surface area contributed by atoms with Crippen LogP contribution in [0.4, 0.5) is 36.4 Å². The molecule has 2 heterocycles. The molecule has 2 aromatic rings. The van der Waals surface area contributed by atoms with Crippen molar-refractivity contribution in [3.63, 3.8) is 0 Å². The lowest BCUT2D eigenvalue weighted by Crippen LogP contribution is -2.51. The minimum absolute atomic E-state index is 0.206. The van der Waals surface area contributed by atoms with Gasteiger partial charge in [-0.3, -0.25) is 9.78 Å². The molecule has 182 valence electrons. The fourth-order valence-corrected chi connectivity index (χ4v) is 4.24. The number of hydrogen-bond acceptors (Lipinski definition) is 6. The first-order valence-corrected chi connectivity index (χ1v) is 9.82. The number of amides is 1. The van der Waals surface area contributed by atoms with Crippen molar-refractivity contribution in [1.82, 2.24) is 9.97 Å². The zero-order valence-electron chi connectivity index (χ0n) is 17.0. The van der Waals surface area contributed by atoms with Crippen molar-refractivity contribution in [1.29, 1.82) is 0 Å². The summed E-state index contributed by atoms with van der Waals surface area (Å²) in [5.41, 5.74) is 0.675. The molecule has 1 aliphatic carbocycles. The number of amidine groups is 1. The molecule has 0 spiro atoms. The van der Waals surface area contributed by atoms with E-state index in [1.807, 2.05) is 0 Å². The number of alkyl halides is 6. The summed E-state index contributed by atoms with van der Waals surface area (Å²) < 4.78 is 102. The molecule has 0 radical (unpaired) electrons. The van der Waals surface area contributed by atoms with E-state index < -0.39 is 78.2 Å². The summed E-state index contributed by atoms with van der Waals surface area (Å²) in [5.74, 6) is -7.12. The highest BCUT2D eigenvalue weighted by Crippen LogP contribution is 2.55. The molecule has 0 saturated heterocycles. The Morgan fingerprint density at radius 3 is 2.50 bits per heavy atom. The van der Waals surface area contributed by atoms with Crippen LogP contribution in [0.2, 0.25) is 0 Å². The van der Waals surface area contributed by atoms with Gasteiger partial charge < -0.3 is 15.8 Å². The zero-order chi connectivity index (χ0) is 24.8. The third kappa shape index (κ3) is 4.12. The van der Waals surface area contributed by atoms with E-state index in [0.717, 1.165) is 24.4 Å². The molecule has 1 aromatic carbocycles. The van der Waals surface area contributed by atoms with Gasteiger partial charge in [-0.05, 0) is 18.2 Å². The number of carbonyl (C=O) groups excluding carboxylic acids is 1. The molecular formula is C20H16F7N5O2. The molecule has 0 bridgehead atoms. The average Bonchev–Trinajstić information content (AvgIpc) is 3.08. The van der Waals surface area contributed by atoms with Crippen molar-refractivity contribution in [3.05, 3.63) is 53.4 Å². The molecule has 7 nitrogen and oxygen atoms in total. The molecular weight excluding hydrogens is 475 g/mol. The normalized spacial score (nSPS) is 25.6. The number of ether oxygens (including phenoxy) is 1. The smallest absolute Gasteiger partial charge is 0.283 e. The topological polar surface area (TPSA) is 102 Å². The van der Waals surface area contributed by atoms with E-state index in [1.165, 1.54) is 0 Å². The Kier molecular flexibility index (Phi) is 5.85. The predicted octanol–water partition coefficient (Wildman–Crippen LogP) is 4.02. The number of rotatable bonds is 5. The van der Waals surface area contributed by atoms with Gasteiger partial charge in [0.1, 0.15) is 23.3 Å². The van der Waals surface area contributed by atoms with Crippen molar-refractivity contribution in [2.75, 3.05) is 5.32 Å². The maximum absolute atomic E-state index is 14.8. The van der Waals surface area contributed by atoms with Gasteiger partial charge in [-0.15, -0.1) is 0 Å². The van der Waals surface area contributed by atoms with E-state index in [9.17, 15) is 35.5 Å². The van der Waals surface area contributed by atoms with E-state index in [0.29, 0.717) is 6.20 Å². The second-order valence-electron chi connectivity index (χ2n) is 7.88. The minimum atomic E-state index is -3.45. The molecule has 1 fully saturated rings. The first-order chi connectivity index (χ1) is 15.9. The van der Waals surface area contributed by atoms with Gasteiger partial charge in [-0.2, -0.15) is 0 Å². The van der Waals surface area contributed by atoms with Crippen molar-refractivity contribution in [2.24, 2.45) is 16.6 Å². The molecule has 2 aliphatic rings. The van der Waals surface area contributed by atoms with Crippen LogP contribution in [-0.4, -0.2) is 40.3 Å². The van der Waals surface area contributed by atoms with E-state index in [1.54, 1.807) is 0 Å². The molecule has 0 unspecified atom stereocenters. The Hall–Kier alpha value is -3.45. The summed E-state index contributed by atoms with van der Waals surface area (Å²) in [6, 6.07) is 1.83. The van der Waals surface area contributed by atoms with Gasteiger partial charge in [0.05, 0.1) is 12.4 Å². The quantitative estimate of drug-likeness (QED) is 0.616. The van der Waals surface area contributed by atoms with Gasteiger partial charge >= 0.3 is 0 Å². The highest BCUT2D eigenvalue weighted by Gasteiger charge is 2.63. The standard InChI is InChI=1S/C20H16F7N5O2/c21-11-2-1-8(31-16(33)13-7-29-12(6-30-13)15(22)23)3-9(11)20(17(24)25)10-4-19(26,27)5-14(10)34-18(28)32-20/h1-3,6-7,10,14-15,17H,4-5H2,(H2,28,32)(H,31,33)/t10-,14+,20+/m0/s1. The SMILES string of the molecule is NC1=N[C@@](c2cc(NC(=O)c3cnc(C(F)F)cn3)ccc2F)(C(F)F)[C@H]2CC(F)(F)C[C@H]2O1. The van der Waals surface area contributed by atoms with E-state index >= 15 is 0 Å². The molecule has 34 heavy (non-hydrogen) atoms. The number of carbonyl (C=O) groups is 1. The van der Waals surface area contributed by atoms with Crippen LogP contribution in [0.25, 0.3) is 0 Å². The van der Waals surface area contributed by atoms with Crippen molar-refractivity contribution < 1.29 is 40.3 Å². The van der Waals surface area contributed by atoms with Gasteiger partial charge in [-0.1, -0.05) is 0 Å².